The Bertz CT molecular complexity index is 795. The summed E-state index contributed by atoms with van der Waals surface area (Å²) in [4.78, 5) is 27.2. The number of amides is 1. The number of carbonyl (C=O) groups excluding carboxylic acids is 2. The first-order valence-electron chi connectivity index (χ1n) is 9.33. The molecule has 1 saturated heterocycles. The van der Waals surface area contributed by atoms with Gasteiger partial charge in [-0.3, -0.25) is 9.59 Å². The molecule has 5 nitrogen and oxygen atoms in total. The topological polar surface area (TPSA) is 55.8 Å². The van der Waals surface area contributed by atoms with E-state index in [1.54, 1.807) is 25.3 Å². The van der Waals surface area contributed by atoms with Crippen LogP contribution < -0.4 is 9.47 Å². The molecule has 1 aliphatic heterocycles. The Kier molecular flexibility index (Phi) is 6.12. The molecular formula is C22H25NO4. The highest BCUT2D eigenvalue weighted by molar-refractivity contribution is 5.98. The lowest BCUT2D eigenvalue weighted by atomic mass is 9.88. The molecule has 142 valence electrons. The third-order valence-corrected chi connectivity index (χ3v) is 4.92. The van der Waals surface area contributed by atoms with Crippen molar-refractivity contribution in [1.29, 1.82) is 0 Å². The van der Waals surface area contributed by atoms with Crippen LogP contribution in [0.4, 0.5) is 0 Å². The Morgan fingerprint density at radius 2 is 1.70 bits per heavy atom. The molecule has 0 spiro atoms. The standard InChI is InChI=1S/C22H25NO4/c1-3-27-19-10-9-18(15-20(19)26-2)22(25)23-13-11-17(12-14-23)21(24)16-7-5-4-6-8-16/h4-10,15,17H,3,11-14H2,1-2H3. The van der Waals surface area contributed by atoms with E-state index in [1.165, 1.54) is 0 Å². The maximum atomic E-state index is 12.8. The van der Waals surface area contributed by atoms with E-state index in [0.29, 0.717) is 49.6 Å². The van der Waals surface area contributed by atoms with Crippen LogP contribution in [0.3, 0.4) is 0 Å². The highest BCUT2D eigenvalue weighted by atomic mass is 16.5. The van der Waals surface area contributed by atoms with E-state index in [9.17, 15) is 9.59 Å². The van der Waals surface area contributed by atoms with Gasteiger partial charge in [-0.15, -0.1) is 0 Å². The molecule has 1 amide bonds. The third-order valence-electron chi connectivity index (χ3n) is 4.92. The Morgan fingerprint density at radius 1 is 1.00 bits per heavy atom. The first kappa shape index (κ1) is 19.0. The van der Waals surface area contributed by atoms with Gasteiger partial charge in [-0.25, -0.2) is 0 Å². The number of ketones is 1. The molecule has 0 saturated carbocycles. The number of piperidine rings is 1. The summed E-state index contributed by atoms with van der Waals surface area (Å²) < 4.78 is 10.8. The number of benzene rings is 2. The predicted octanol–water partition coefficient (Wildman–Crippen LogP) is 3.83. The minimum atomic E-state index is -0.0399. The monoisotopic (exact) mass is 367 g/mol. The van der Waals surface area contributed by atoms with Gasteiger partial charge in [0.2, 0.25) is 0 Å². The van der Waals surface area contributed by atoms with Gasteiger partial charge in [0, 0.05) is 30.1 Å². The number of rotatable bonds is 6. The van der Waals surface area contributed by atoms with Crippen molar-refractivity contribution < 1.29 is 19.1 Å². The zero-order valence-corrected chi connectivity index (χ0v) is 15.8. The summed E-state index contributed by atoms with van der Waals surface area (Å²) in [5.74, 6) is 1.29. The number of methoxy groups -OCH3 is 1. The number of nitrogens with zero attached hydrogens (tertiary/aromatic N) is 1. The summed E-state index contributed by atoms with van der Waals surface area (Å²) in [6, 6.07) is 14.6. The molecule has 0 bridgehead atoms. The van der Waals surface area contributed by atoms with Crippen LogP contribution in [0.15, 0.2) is 48.5 Å². The number of hydrogen-bond acceptors (Lipinski definition) is 4. The first-order valence-corrected chi connectivity index (χ1v) is 9.33. The number of Topliss-reactive ketones (excluding diaryl/α,β-unsaturated/α-hetero) is 1. The van der Waals surface area contributed by atoms with Crippen molar-refractivity contribution in [3.63, 3.8) is 0 Å². The Balaban J connectivity index is 1.64. The van der Waals surface area contributed by atoms with Crippen LogP contribution in [-0.4, -0.2) is 43.4 Å². The van der Waals surface area contributed by atoms with Crippen molar-refractivity contribution >= 4 is 11.7 Å². The maximum absolute atomic E-state index is 12.8. The Morgan fingerprint density at radius 3 is 2.33 bits per heavy atom. The Hall–Kier alpha value is -2.82. The SMILES string of the molecule is CCOc1ccc(C(=O)N2CCC(C(=O)c3ccccc3)CC2)cc1OC. The average Bonchev–Trinajstić information content (AvgIpc) is 2.74. The van der Waals surface area contributed by atoms with Gasteiger partial charge in [0.15, 0.2) is 17.3 Å². The second-order valence-electron chi connectivity index (χ2n) is 6.60. The minimum absolute atomic E-state index is 0.0219. The summed E-state index contributed by atoms with van der Waals surface area (Å²) >= 11 is 0. The van der Waals surface area contributed by atoms with Crippen molar-refractivity contribution in [2.75, 3.05) is 26.8 Å². The van der Waals surface area contributed by atoms with Gasteiger partial charge in [-0.2, -0.15) is 0 Å². The van der Waals surface area contributed by atoms with E-state index in [4.69, 9.17) is 9.47 Å². The first-order chi connectivity index (χ1) is 13.1. The predicted molar refractivity (Wildman–Crippen MR) is 104 cm³/mol. The quantitative estimate of drug-likeness (QED) is 0.728. The highest BCUT2D eigenvalue weighted by Gasteiger charge is 2.28. The fourth-order valence-electron chi connectivity index (χ4n) is 3.44. The van der Waals surface area contributed by atoms with Crippen molar-refractivity contribution in [2.45, 2.75) is 19.8 Å². The van der Waals surface area contributed by atoms with Crippen LogP contribution in [0.25, 0.3) is 0 Å². The van der Waals surface area contributed by atoms with E-state index in [2.05, 4.69) is 0 Å². The lowest BCUT2D eigenvalue weighted by Gasteiger charge is -2.31. The number of ether oxygens (including phenoxy) is 2. The van der Waals surface area contributed by atoms with Crippen LogP contribution in [0, 0.1) is 5.92 Å². The molecule has 2 aromatic carbocycles. The molecule has 0 aliphatic carbocycles. The van der Waals surface area contributed by atoms with E-state index in [1.807, 2.05) is 42.2 Å². The third kappa shape index (κ3) is 4.30. The van der Waals surface area contributed by atoms with Crippen molar-refractivity contribution in [3.8, 4) is 11.5 Å². The fraction of sp³-hybridized carbons (Fsp3) is 0.364. The van der Waals surface area contributed by atoms with Crippen molar-refractivity contribution in [2.24, 2.45) is 5.92 Å². The lowest BCUT2D eigenvalue weighted by Crippen LogP contribution is -2.40. The molecule has 0 radical (unpaired) electrons. The largest absolute Gasteiger partial charge is 0.493 e. The lowest BCUT2D eigenvalue weighted by molar-refractivity contribution is 0.0650. The molecule has 0 unspecified atom stereocenters. The van der Waals surface area contributed by atoms with Gasteiger partial charge in [0.1, 0.15) is 0 Å². The van der Waals surface area contributed by atoms with Gasteiger partial charge in [-0.05, 0) is 38.0 Å². The van der Waals surface area contributed by atoms with E-state index in [0.717, 1.165) is 5.56 Å². The molecule has 3 rings (SSSR count). The van der Waals surface area contributed by atoms with Crippen LogP contribution >= 0.6 is 0 Å². The van der Waals surface area contributed by atoms with Gasteiger partial charge >= 0.3 is 0 Å². The van der Waals surface area contributed by atoms with Crippen LogP contribution in [0.1, 0.15) is 40.5 Å². The summed E-state index contributed by atoms with van der Waals surface area (Å²) in [6.07, 6.45) is 1.38. The molecule has 0 aromatic heterocycles. The smallest absolute Gasteiger partial charge is 0.253 e. The van der Waals surface area contributed by atoms with Crippen molar-refractivity contribution in [1.82, 2.24) is 4.90 Å². The summed E-state index contributed by atoms with van der Waals surface area (Å²) in [6.45, 7) is 3.60. The molecule has 27 heavy (non-hydrogen) atoms. The highest BCUT2D eigenvalue weighted by Crippen LogP contribution is 2.29. The van der Waals surface area contributed by atoms with E-state index in [-0.39, 0.29) is 17.6 Å². The van der Waals surface area contributed by atoms with E-state index < -0.39 is 0 Å². The molecule has 1 heterocycles. The average molecular weight is 367 g/mol. The number of likely N-dealkylation sites (tertiary alicyclic amines) is 1. The molecule has 0 N–H and O–H groups in total. The Labute approximate surface area is 159 Å². The van der Waals surface area contributed by atoms with Gasteiger partial charge in [0.05, 0.1) is 13.7 Å². The summed E-state index contributed by atoms with van der Waals surface area (Å²) in [5, 5.41) is 0. The molecule has 0 atom stereocenters. The molecule has 2 aromatic rings. The van der Waals surface area contributed by atoms with Crippen LogP contribution in [0.5, 0.6) is 11.5 Å². The molecule has 1 aliphatic rings. The number of hydrogen-bond donors (Lipinski definition) is 0. The maximum Gasteiger partial charge on any atom is 0.253 e. The van der Waals surface area contributed by atoms with Crippen LogP contribution in [0.2, 0.25) is 0 Å². The normalized spacial score (nSPS) is 14.7. The second-order valence-corrected chi connectivity index (χ2v) is 6.60. The van der Waals surface area contributed by atoms with E-state index >= 15 is 0 Å². The molecule has 1 fully saturated rings. The number of carbonyl (C=O) groups is 2. The molecule has 5 heteroatoms. The van der Waals surface area contributed by atoms with Crippen molar-refractivity contribution in [3.05, 3.63) is 59.7 Å². The minimum Gasteiger partial charge on any atom is -0.493 e. The van der Waals surface area contributed by atoms with Gasteiger partial charge < -0.3 is 14.4 Å². The summed E-state index contributed by atoms with van der Waals surface area (Å²) in [7, 11) is 1.56. The van der Waals surface area contributed by atoms with Gasteiger partial charge in [0.25, 0.3) is 5.91 Å². The zero-order valence-electron chi connectivity index (χ0n) is 15.8. The second kappa shape index (κ2) is 8.71. The summed E-state index contributed by atoms with van der Waals surface area (Å²) in [5.41, 5.74) is 1.32. The molecular weight excluding hydrogens is 342 g/mol. The van der Waals surface area contributed by atoms with Crippen LogP contribution in [-0.2, 0) is 0 Å². The fourth-order valence-corrected chi connectivity index (χ4v) is 3.44. The zero-order chi connectivity index (χ0) is 19.2. The van der Waals surface area contributed by atoms with Gasteiger partial charge in [-0.1, -0.05) is 30.3 Å².